The summed E-state index contributed by atoms with van der Waals surface area (Å²) in [5.41, 5.74) is 4.77. The van der Waals surface area contributed by atoms with Crippen LogP contribution < -0.4 is 0 Å². The van der Waals surface area contributed by atoms with E-state index in [0.29, 0.717) is 6.61 Å². The van der Waals surface area contributed by atoms with Gasteiger partial charge < -0.3 is 9.47 Å². The van der Waals surface area contributed by atoms with Crippen LogP contribution in [0.2, 0.25) is 0 Å². The predicted molar refractivity (Wildman–Crippen MR) is 134 cm³/mol. The second-order valence-corrected chi connectivity index (χ2v) is 8.78. The number of ether oxygens (including phenoxy) is 2. The van der Waals surface area contributed by atoms with E-state index in [0.717, 1.165) is 24.8 Å². The van der Waals surface area contributed by atoms with Gasteiger partial charge in [0.05, 0.1) is 0 Å². The van der Waals surface area contributed by atoms with E-state index in [2.05, 4.69) is 50.2 Å². The van der Waals surface area contributed by atoms with Gasteiger partial charge in [-0.25, -0.2) is 4.79 Å². The molecule has 2 atom stereocenters. The number of hydrogen-bond donors (Lipinski definition) is 0. The Morgan fingerprint density at radius 1 is 0.750 bits per heavy atom. The zero-order chi connectivity index (χ0) is 23.2. The van der Waals surface area contributed by atoms with E-state index in [1.165, 1.54) is 55.2 Å². The zero-order valence-corrected chi connectivity index (χ0v) is 20.6. The van der Waals surface area contributed by atoms with Gasteiger partial charge in [-0.05, 0) is 55.4 Å². The van der Waals surface area contributed by atoms with Crippen LogP contribution in [-0.2, 0) is 20.7 Å². The molecule has 0 aromatic heterocycles. The van der Waals surface area contributed by atoms with Crippen molar-refractivity contribution in [3.63, 3.8) is 0 Å². The number of aryl methyl sites for hydroxylation is 1. The first-order chi connectivity index (χ1) is 15.5. The third-order valence-corrected chi connectivity index (χ3v) is 5.98. The van der Waals surface area contributed by atoms with Crippen LogP contribution in [0.25, 0.3) is 11.1 Å². The van der Waals surface area contributed by atoms with Crippen LogP contribution in [0.3, 0.4) is 0 Å². The molecule has 0 fully saturated rings. The van der Waals surface area contributed by atoms with Crippen molar-refractivity contribution in [3.05, 3.63) is 59.7 Å². The van der Waals surface area contributed by atoms with Crippen LogP contribution in [0.1, 0.15) is 96.3 Å². The Balaban J connectivity index is 1.80. The number of hydrogen-bond acceptors (Lipinski definition) is 3. The highest BCUT2D eigenvalue weighted by molar-refractivity contribution is 5.74. The Kier molecular flexibility index (Phi) is 12.1. The quantitative estimate of drug-likeness (QED) is 0.208. The molecule has 32 heavy (non-hydrogen) atoms. The van der Waals surface area contributed by atoms with Gasteiger partial charge in [0.25, 0.3) is 0 Å². The Hall–Kier alpha value is -2.13. The maximum Gasteiger partial charge on any atom is 0.335 e. The highest BCUT2D eigenvalue weighted by atomic mass is 16.6. The normalized spacial score (nSPS) is 13.0. The molecule has 0 aliphatic heterocycles. The molecule has 2 aromatic carbocycles. The number of rotatable bonds is 15. The first-order valence-electron chi connectivity index (χ1n) is 12.6. The van der Waals surface area contributed by atoms with E-state index in [1.807, 2.05) is 19.1 Å². The predicted octanol–water partition coefficient (Wildman–Crippen LogP) is 8.07. The van der Waals surface area contributed by atoms with Crippen molar-refractivity contribution in [2.75, 3.05) is 6.61 Å². The van der Waals surface area contributed by atoms with E-state index in [-0.39, 0.29) is 12.1 Å². The monoisotopic (exact) mass is 438 g/mol. The molecule has 176 valence electrons. The van der Waals surface area contributed by atoms with Crippen LogP contribution in [0, 0.1) is 0 Å². The largest absolute Gasteiger partial charge is 0.456 e. The molecule has 0 saturated heterocycles. The minimum Gasteiger partial charge on any atom is -0.456 e. The van der Waals surface area contributed by atoms with Gasteiger partial charge in [0.1, 0.15) is 6.10 Å². The highest BCUT2D eigenvalue weighted by Crippen LogP contribution is 2.24. The van der Waals surface area contributed by atoms with Crippen molar-refractivity contribution in [2.45, 2.75) is 97.7 Å². The summed E-state index contributed by atoms with van der Waals surface area (Å²) in [7, 11) is 0. The second kappa shape index (κ2) is 14.8. The average Bonchev–Trinajstić information content (AvgIpc) is 2.82. The Bertz CT molecular complexity index is 764. The van der Waals surface area contributed by atoms with Gasteiger partial charge in [0.15, 0.2) is 6.10 Å². The summed E-state index contributed by atoms with van der Waals surface area (Å²) in [5.74, 6) is -0.297. The van der Waals surface area contributed by atoms with Gasteiger partial charge in [-0.3, -0.25) is 0 Å². The molecule has 0 N–H and O–H groups in total. The van der Waals surface area contributed by atoms with Gasteiger partial charge >= 0.3 is 5.97 Å². The molecular weight excluding hydrogens is 396 g/mol. The SMILES string of the molecule is CCCCCCCOC(C)C(=O)OC(C)c1ccc(-c2ccc(CCCCC)cc2)cc1. The summed E-state index contributed by atoms with van der Waals surface area (Å²) in [6.07, 6.45) is 9.99. The van der Waals surface area contributed by atoms with Gasteiger partial charge in [0.2, 0.25) is 0 Å². The molecule has 0 amide bonds. The number of esters is 1. The molecule has 0 saturated carbocycles. The zero-order valence-electron chi connectivity index (χ0n) is 20.6. The molecule has 0 spiro atoms. The van der Waals surface area contributed by atoms with E-state index < -0.39 is 6.10 Å². The molecule has 0 heterocycles. The Morgan fingerprint density at radius 3 is 1.94 bits per heavy atom. The summed E-state index contributed by atoms with van der Waals surface area (Å²) in [4.78, 5) is 12.4. The van der Waals surface area contributed by atoms with Crippen LogP contribution in [0.15, 0.2) is 48.5 Å². The fourth-order valence-corrected chi connectivity index (χ4v) is 3.76. The summed E-state index contributed by atoms with van der Waals surface area (Å²) < 4.78 is 11.3. The molecule has 0 radical (unpaired) electrons. The van der Waals surface area contributed by atoms with Crippen molar-refractivity contribution >= 4 is 5.97 Å². The van der Waals surface area contributed by atoms with Crippen molar-refractivity contribution in [1.29, 1.82) is 0 Å². The molecular formula is C29H42O3. The molecule has 3 heteroatoms. The summed E-state index contributed by atoms with van der Waals surface area (Å²) in [6, 6.07) is 17.1. The minimum atomic E-state index is -0.529. The number of unbranched alkanes of at least 4 members (excludes halogenated alkanes) is 6. The van der Waals surface area contributed by atoms with Crippen LogP contribution in [0.4, 0.5) is 0 Å². The molecule has 2 aromatic rings. The van der Waals surface area contributed by atoms with E-state index in [1.54, 1.807) is 6.92 Å². The van der Waals surface area contributed by atoms with E-state index in [9.17, 15) is 4.79 Å². The molecule has 2 rings (SSSR count). The summed E-state index contributed by atoms with van der Waals surface area (Å²) in [6.45, 7) is 8.74. The number of benzene rings is 2. The van der Waals surface area contributed by atoms with Crippen LogP contribution in [-0.4, -0.2) is 18.7 Å². The second-order valence-electron chi connectivity index (χ2n) is 8.78. The lowest BCUT2D eigenvalue weighted by Crippen LogP contribution is -2.25. The van der Waals surface area contributed by atoms with Crippen molar-refractivity contribution in [1.82, 2.24) is 0 Å². The molecule has 3 nitrogen and oxygen atoms in total. The Labute approximate surface area is 195 Å². The maximum atomic E-state index is 12.4. The third-order valence-electron chi connectivity index (χ3n) is 5.98. The first kappa shape index (κ1) is 26.1. The van der Waals surface area contributed by atoms with Gasteiger partial charge in [-0.1, -0.05) is 101 Å². The lowest BCUT2D eigenvalue weighted by Gasteiger charge is -2.18. The average molecular weight is 439 g/mol. The van der Waals surface area contributed by atoms with Gasteiger partial charge in [-0.15, -0.1) is 0 Å². The summed E-state index contributed by atoms with van der Waals surface area (Å²) >= 11 is 0. The Morgan fingerprint density at radius 2 is 1.31 bits per heavy atom. The maximum absolute atomic E-state index is 12.4. The molecule has 2 unspecified atom stereocenters. The lowest BCUT2D eigenvalue weighted by atomic mass is 9.99. The molecule has 0 aliphatic carbocycles. The molecule has 0 bridgehead atoms. The van der Waals surface area contributed by atoms with Gasteiger partial charge in [-0.2, -0.15) is 0 Å². The smallest absolute Gasteiger partial charge is 0.335 e. The molecule has 0 aliphatic rings. The highest BCUT2D eigenvalue weighted by Gasteiger charge is 2.19. The lowest BCUT2D eigenvalue weighted by molar-refractivity contribution is -0.161. The van der Waals surface area contributed by atoms with Crippen molar-refractivity contribution in [3.8, 4) is 11.1 Å². The first-order valence-corrected chi connectivity index (χ1v) is 12.6. The summed E-state index contributed by atoms with van der Waals surface area (Å²) in [5, 5.41) is 0. The fourth-order valence-electron chi connectivity index (χ4n) is 3.76. The number of carbonyl (C=O) groups excluding carboxylic acids is 1. The third kappa shape index (κ3) is 9.16. The topological polar surface area (TPSA) is 35.5 Å². The minimum absolute atomic E-state index is 0.297. The fraction of sp³-hybridized carbons (Fsp3) is 0.552. The van der Waals surface area contributed by atoms with Gasteiger partial charge in [0, 0.05) is 6.61 Å². The van der Waals surface area contributed by atoms with Crippen LogP contribution >= 0.6 is 0 Å². The van der Waals surface area contributed by atoms with E-state index >= 15 is 0 Å². The van der Waals surface area contributed by atoms with E-state index in [4.69, 9.17) is 9.47 Å². The standard InChI is InChI=1S/C29H42O3/c1-5-7-9-10-12-22-31-24(4)29(30)32-23(3)26-18-20-28(21-19-26)27-16-14-25(15-17-27)13-11-8-6-2/h14-21,23-24H,5-13,22H2,1-4H3. The van der Waals surface area contributed by atoms with Crippen molar-refractivity contribution in [2.24, 2.45) is 0 Å². The van der Waals surface area contributed by atoms with Crippen molar-refractivity contribution < 1.29 is 14.3 Å². The van der Waals surface area contributed by atoms with Crippen LogP contribution in [0.5, 0.6) is 0 Å². The number of carbonyl (C=O) groups is 1.